The smallest absolute Gasteiger partial charge is 0.273 e. The molecule has 4 aromatic rings. The van der Waals surface area contributed by atoms with Gasteiger partial charge in [0.15, 0.2) is 11.5 Å². The van der Waals surface area contributed by atoms with Crippen molar-refractivity contribution >= 4 is 5.91 Å². The van der Waals surface area contributed by atoms with E-state index in [1.807, 2.05) is 47.4 Å². The van der Waals surface area contributed by atoms with Crippen LogP contribution in [0.15, 0.2) is 67.0 Å². The Bertz CT molecular complexity index is 1380. The third-order valence-corrected chi connectivity index (χ3v) is 6.75. The van der Waals surface area contributed by atoms with Crippen LogP contribution in [0.1, 0.15) is 59.1 Å². The lowest BCUT2D eigenvalue weighted by molar-refractivity contribution is 0.0729. The molecule has 2 aromatic carbocycles. The Hall–Kier alpha value is -4.13. The number of fused-ring (bicyclic) bond motifs is 1. The van der Waals surface area contributed by atoms with Gasteiger partial charge in [-0.1, -0.05) is 49.7 Å². The third kappa shape index (κ3) is 4.94. The molecular formula is C30H32N4O3. The summed E-state index contributed by atoms with van der Waals surface area (Å²) in [4.78, 5) is 19.7. The van der Waals surface area contributed by atoms with E-state index in [0.717, 1.165) is 34.4 Å². The maximum absolute atomic E-state index is 13.7. The van der Waals surface area contributed by atoms with E-state index in [4.69, 9.17) is 9.47 Å². The second-order valence-electron chi connectivity index (χ2n) is 9.86. The number of methoxy groups -OCH3 is 1. The van der Waals surface area contributed by atoms with Crippen molar-refractivity contribution in [3.8, 4) is 22.8 Å². The number of benzene rings is 2. The zero-order valence-corrected chi connectivity index (χ0v) is 21.7. The van der Waals surface area contributed by atoms with Crippen molar-refractivity contribution in [3.63, 3.8) is 0 Å². The summed E-state index contributed by atoms with van der Waals surface area (Å²) in [7, 11) is 1.64. The second-order valence-corrected chi connectivity index (χ2v) is 9.86. The molecular weight excluding hydrogens is 464 g/mol. The third-order valence-electron chi connectivity index (χ3n) is 6.75. The number of nitrogens with one attached hydrogen (secondary N) is 1. The highest BCUT2D eigenvalue weighted by atomic mass is 16.5. The van der Waals surface area contributed by atoms with E-state index in [0.29, 0.717) is 36.3 Å². The van der Waals surface area contributed by atoms with E-state index in [1.54, 1.807) is 19.5 Å². The van der Waals surface area contributed by atoms with Crippen LogP contribution in [0, 0.1) is 12.8 Å². The van der Waals surface area contributed by atoms with Gasteiger partial charge in [-0.25, -0.2) is 0 Å². The summed E-state index contributed by atoms with van der Waals surface area (Å²) < 4.78 is 11.7. The summed E-state index contributed by atoms with van der Waals surface area (Å²) in [5.41, 5.74) is 6.24. The Kier molecular flexibility index (Phi) is 6.95. The minimum absolute atomic E-state index is 0.0844. The van der Waals surface area contributed by atoms with Crippen LogP contribution in [0.4, 0.5) is 0 Å². The van der Waals surface area contributed by atoms with Crippen LogP contribution in [-0.2, 0) is 6.54 Å². The summed E-state index contributed by atoms with van der Waals surface area (Å²) in [6, 6.07) is 17.7. The first-order valence-corrected chi connectivity index (χ1v) is 12.6. The average molecular weight is 497 g/mol. The molecule has 1 atom stereocenters. The summed E-state index contributed by atoms with van der Waals surface area (Å²) in [5, 5.41) is 7.62. The molecule has 5 rings (SSSR count). The quantitative estimate of drug-likeness (QED) is 0.309. The largest absolute Gasteiger partial charge is 0.493 e. The van der Waals surface area contributed by atoms with Crippen molar-refractivity contribution in [2.45, 2.75) is 39.8 Å². The van der Waals surface area contributed by atoms with E-state index < -0.39 is 0 Å². The van der Waals surface area contributed by atoms with Crippen LogP contribution in [0.5, 0.6) is 11.5 Å². The molecule has 3 heterocycles. The van der Waals surface area contributed by atoms with Gasteiger partial charge in [-0.3, -0.25) is 14.9 Å². The summed E-state index contributed by atoms with van der Waals surface area (Å²) in [5.74, 6) is 1.81. The number of aromatic amines is 1. The highest BCUT2D eigenvalue weighted by Crippen LogP contribution is 2.45. The SMILES string of the molecule is COc1cc(C2c3c(-c4ccc(C)cc4)n[nH]c3C(=O)N2Cc2ccncc2)ccc1OCCC(C)C. The molecule has 0 radical (unpaired) electrons. The van der Waals surface area contributed by atoms with Crippen molar-refractivity contribution in [1.29, 1.82) is 0 Å². The van der Waals surface area contributed by atoms with E-state index >= 15 is 0 Å². The van der Waals surface area contributed by atoms with E-state index in [1.165, 1.54) is 5.56 Å². The molecule has 37 heavy (non-hydrogen) atoms. The molecule has 1 N–H and O–H groups in total. The Morgan fingerprint density at radius 1 is 1.03 bits per heavy atom. The topological polar surface area (TPSA) is 80.3 Å². The fraction of sp³-hybridized carbons (Fsp3) is 0.300. The molecule has 0 bridgehead atoms. The molecule has 0 aliphatic carbocycles. The predicted molar refractivity (Wildman–Crippen MR) is 143 cm³/mol. The Morgan fingerprint density at radius 3 is 2.49 bits per heavy atom. The Balaban J connectivity index is 1.58. The number of amides is 1. The van der Waals surface area contributed by atoms with Crippen molar-refractivity contribution in [3.05, 3.63) is 94.9 Å². The van der Waals surface area contributed by atoms with Gasteiger partial charge in [0.2, 0.25) is 0 Å². The molecule has 7 nitrogen and oxygen atoms in total. The number of pyridine rings is 1. The second kappa shape index (κ2) is 10.5. The number of rotatable bonds is 9. The van der Waals surface area contributed by atoms with Gasteiger partial charge in [-0.05, 0) is 54.7 Å². The lowest BCUT2D eigenvalue weighted by Gasteiger charge is -2.27. The number of nitrogens with zero attached hydrogens (tertiary/aromatic N) is 3. The van der Waals surface area contributed by atoms with Gasteiger partial charge in [-0.2, -0.15) is 5.10 Å². The van der Waals surface area contributed by atoms with Crippen molar-refractivity contribution in [1.82, 2.24) is 20.1 Å². The van der Waals surface area contributed by atoms with Crippen LogP contribution in [-0.4, -0.2) is 39.7 Å². The van der Waals surface area contributed by atoms with Gasteiger partial charge in [0.25, 0.3) is 5.91 Å². The monoisotopic (exact) mass is 496 g/mol. The van der Waals surface area contributed by atoms with Crippen LogP contribution < -0.4 is 9.47 Å². The van der Waals surface area contributed by atoms with Gasteiger partial charge < -0.3 is 14.4 Å². The van der Waals surface area contributed by atoms with Crippen LogP contribution in [0.25, 0.3) is 11.3 Å². The lowest BCUT2D eigenvalue weighted by atomic mass is 9.95. The molecule has 190 valence electrons. The minimum atomic E-state index is -0.343. The van der Waals surface area contributed by atoms with Crippen molar-refractivity contribution in [2.24, 2.45) is 5.92 Å². The van der Waals surface area contributed by atoms with E-state index in [2.05, 4.69) is 48.1 Å². The first kappa shape index (κ1) is 24.6. The molecule has 1 unspecified atom stereocenters. The molecule has 1 amide bonds. The van der Waals surface area contributed by atoms with Crippen molar-refractivity contribution < 1.29 is 14.3 Å². The summed E-state index contributed by atoms with van der Waals surface area (Å²) in [6.07, 6.45) is 4.45. The van der Waals surface area contributed by atoms with E-state index in [-0.39, 0.29) is 11.9 Å². The molecule has 0 fully saturated rings. The number of H-pyrrole nitrogens is 1. The van der Waals surface area contributed by atoms with Gasteiger partial charge in [0.1, 0.15) is 5.69 Å². The van der Waals surface area contributed by atoms with E-state index in [9.17, 15) is 4.79 Å². The number of ether oxygens (including phenoxy) is 2. The van der Waals surface area contributed by atoms with Crippen LogP contribution in [0.2, 0.25) is 0 Å². The number of hydrogen-bond donors (Lipinski definition) is 1. The standard InChI is InChI=1S/C30H32N4O3/c1-19(2)13-16-37-24-10-9-23(17-25(24)36-4)29-26-27(22-7-5-20(3)6-8-22)32-33-28(26)30(35)34(29)18-21-11-14-31-15-12-21/h5-12,14-15,17,19,29H,13,16,18H2,1-4H3,(H,32,33). The van der Waals surface area contributed by atoms with Crippen LogP contribution in [0.3, 0.4) is 0 Å². The highest BCUT2D eigenvalue weighted by Gasteiger charge is 2.42. The highest BCUT2D eigenvalue weighted by molar-refractivity contribution is 6.00. The summed E-state index contributed by atoms with van der Waals surface area (Å²) >= 11 is 0. The first-order valence-electron chi connectivity index (χ1n) is 12.6. The average Bonchev–Trinajstić information content (AvgIpc) is 3.44. The Labute approximate surface area is 217 Å². The molecule has 0 saturated carbocycles. The molecule has 1 aliphatic heterocycles. The van der Waals surface area contributed by atoms with Crippen molar-refractivity contribution in [2.75, 3.05) is 13.7 Å². The lowest BCUT2D eigenvalue weighted by Crippen LogP contribution is -2.29. The number of hydrogen-bond acceptors (Lipinski definition) is 5. The predicted octanol–water partition coefficient (Wildman–Crippen LogP) is 5.96. The maximum Gasteiger partial charge on any atom is 0.273 e. The zero-order valence-electron chi connectivity index (χ0n) is 21.7. The van der Waals surface area contributed by atoms with Gasteiger partial charge >= 0.3 is 0 Å². The summed E-state index contributed by atoms with van der Waals surface area (Å²) in [6.45, 7) is 7.46. The molecule has 7 heteroatoms. The Morgan fingerprint density at radius 2 is 1.78 bits per heavy atom. The molecule has 0 saturated heterocycles. The fourth-order valence-electron chi connectivity index (χ4n) is 4.70. The minimum Gasteiger partial charge on any atom is -0.493 e. The fourth-order valence-corrected chi connectivity index (χ4v) is 4.70. The van der Waals surface area contributed by atoms with Gasteiger partial charge in [-0.15, -0.1) is 0 Å². The first-order chi connectivity index (χ1) is 18.0. The van der Waals surface area contributed by atoms with Crippen LogP contribution >= 0.6 is 0 Å². The number of carbonyl (C=O) groups is 1. The number of carbonyl (C=O) groups excluding carboxylic acids is 1. The number of aryl methyl sites for hydroxylation is 1. The number of aromatic nitrogens is 3. The molecule has 0 spiro atoms. The van der Waals surface area contributed by atoms with Gasteiger partial charge in [0, 0.05) is 30.1 Å². The molecule has 2 aromatic heterocycles. The zero-order chi connectivity index (χ0) is 25.9. The molecule has 1 aliphatic rings. The maximum atomic E-state index is 13.7. The van der Waals surface area contributed by atoms with Gasteiger partial charge in [0.05, 0.1) is 25.5 Å². The normalized spacial score (nSPS) is 14.8.